The molecule has 142 valence electrons. The van der Waals surface area contributed by atoms with Gasteiger partial charge in [0, 0.05) is 22.8 Å². The van der Waals surface area contributed by atoms with Crippen molar-refractivity contribution >= 4 is 34.7 Å². The molecule has 1 aliphatic rings. The molecule has 3 aromatic rings. The number of esters is 1. The number of Topliss-reactive ketones (excluding diaryl/α,β-unsaturated/α-hetero) is 1. The average molecular weight is 411 g/mol. The van der Waals surface area contributed by atoms with E-state index in [1.54, 1.807) is 19.1 Å². The van der Waals surface area contributed by atoms with Gasteiger partial charge in [-0.3, -0.25) is 4.79 Å². The second kappa shape index (κ2) is 7.90. The van der Waals surface area contributed by atoms with E-state index in [2.05, 4.69) is 0 Å². The van der Waals surface area contributed by atoms with Gasteiger partial charge in [0.15, 0.2) is 5.78 Å². The minimum absolute atomic E-state index is 0.0898. The zero-order chi connectivity index (χ0) is 19.7. The van der Waals surface area contributed by atoms with Crippen LogP contribution in [-0.2, 0) is 4.74 Å². The Morgan fingerprint density at radius 1 is 0.964 bits per heavy atom. The zero-order valence-corrected chi connectivity index (χ0v) is 16.9. The van der Waals surface area contributed by atoms with Crippen molar-refractivity contribution in [2.75, 3.05) is 6.61 Å². The van der Waals surface area contributed by atoms with Crippen LogP contribution in [0, 0.1) is 5.92 Å². The van der Waals surface area contributed by atoms with Crippen molar-refractivity contribution in [2.45, 2.75) is 18.8 Å². The fourth-order valence-electron chi connectivity index (χ4n) is 3.79. The first-order valence-electron chi connectivity index (χ1n) is 9.20. The van der Waals surface area contributed by atoms with Gasteiger partial charge >= 0.3 is 5.97 Å². The number of ketones is 1. The number of hydrogen-bond acceptors (Lipinski definition) is 4. The van der Waals surface area contributed by atoms with Crippen LogP contribution in [-0.4, -0.2) is 18.4 Å². The highest BCUT2D eigenvalue weighted by atomic mass is 35.5. The molecule has 0 N–H and O–H groups in total. The molecule has 0 radical (unpaired) electrons. The number of ether oxygens (including phenoxy) is 1. The van der Waals surface area contributed by atoms with Crippen LogP contribution in [0.5, 0.6) is 0 Å². The van der Waals surface area contributed by atoms with Crippen molar-refractivity contribution in [1.29, 1.82) is 0 Å². The maximum atomic E-state index is 13.1. The summed E-state index contributed by atoms with van der Waals surface area (Å²) in [5.41, 5.74) is 2.69. The van der Waals surface area contributed by atoms with Crippen molar-refractivity contribution in [3.05, 3.63) is 92.6 Å². The SMILES string of the molecule is CCOC(=O)c1ccc(C2C(C(=O)c3cccs3)C2c2ccc(Cl)cc2)cc1. The number of carbonyl (C=O) groups excluding carboxylic acids is 2. The first-order valence-corrected chi connectivity index (χ1v) is 10.5. The van der Waals surface area contributed by atoms with Crippen LogP contribution < -0.4 is 0 Å². The molecule has 0 saturated heterocycles. The second-order valence-corrected chi connectivity index (χ2v) is 8.20. The number of thiophene rings is 1. The van der Waals surface area contributed by atoms with Crippen LogP contribution in [0.2, 0.25) is 5.02 Å². The van der Waals surface area contributed by atoms with E-state index >= 15 is 0 Å². The molecule has 1 aliphatic carbocycles. The lowest BCUT2D eigenvalue weighted by molar-refractivity contribution is 0.0526. The Morgan fingerprint density at radius 3 is 2.11 bits per heavy atom. The lowest BCUT2D eigenvalue weighted by Crippen LogP contribution is -2.04. The molecule has 4 rings (SSSR count). The highest BCUT2D eigenvalue weighted by Crippen LogP contribution is 2.61. The van der Waals surface area contributed by atoms with E-state index in [0.717, 1.165) is 16.0 Å². The number of benzene rings is 2. The fraction of sp³-hybridized carbons (Fsp3) is 0.217. The quantitative estimate of drug-likeness (QED) is 0.372. The predicted molar refractivity (Wildman–Crippen MR) is 111 cm³/mol. The summed E-state index contributed by atoms with van der Waals surface area (Å²) >= 11 is 7.51. The van der Waals surface area contributed by atoms with Crippen molar-refractivity contribution < 1.29 is 14.3 Å². The van der Waals surface area contributed by atoms with E-state index in [9.17, 15) is 9.59 Å². The zero-order valence-electron chi connectivity index (χ0n) is 15.3. The van der Waals surface area contributed by atoms with Crippen molar-refractivity contribution in [3.8, 4) is 0 Å². The van der Waals surface area contributed by atoms with Crippen molar-refractivity contribution in [2.24, 2.45) is 5.92 Å². The van der Waals surface area contributed by atoms with Gasteiger partial charge in [0.25, 0.3) is 0 Å². The van der Waals surface area contributed by atoms with E-state index in [1.807, 2.05) is 53.9 Å². The molecule has 2 aromatic carbocycles. The molecule has 1 heterocycles. The molecule has 0 spiro atoms. The Kier molecular flexibility index (Phi) is 5.33. The Labute approximate surface area is 172 Å². The lowest BCUT2D eigenvalue weighted by atomic mass is 10.0. The van der Waals surface area contributed by atoms with Gasteiger partial charge in [-0.2, -0.15) is 0 Å². The summed E-state index contributed by atoms with van der Waals surface area (Å²) in [5, 5.41) is 2.61. The summed E-state index contributed by atoms with van der Waals surface area (Å²) in [6.07, 6.45) is 0. The van der Waals surface area contributed by atoms with Gasteiger partial charge in [0.2, 0.25) is 0 Å². The number of carbonyl (C=O) groups is 2. The molecule has 28 heavy (non-hydrogen) atoms. The summed E-state index contributed by atoms with van der Waals surface area (Å²) in [6.45, 7) is 2.13. The molecule has 1 aromatic heterocycles. The molecule has 0 amide bonds. The monoisotopic (exact) mass is 410 g/mol. The molecule has 3 nitrogen and oxygen atoms in total. The first kappa shape index (κ1) is 18.9. The maximum Gasteiger partial charge on any atom is 0.338 e. The first-order chi connectivity index (χ1) is 13.6. The van der Waals surface area contributed by atoms with E-state index in [1.165, 1.54) is 11.3 Å². The third kappa shape index (κ3) is 3.62. The van der Waals surface area contributed by atoms with E-state index in [4.69, 9.17) is 16.3 Å². The van der Waals surface area contributed by atoms with Gasteiger partial charge < -0.3 is 4.74 Å². The summed E-state index contributed by atoms with van der Waals surface area (Å²) < 4.78 is 5.05. The van der Waals surface area contributed by atoms with Gasteiger partial charge in [-0.1, -0.05) is 41.9 Å². The Bertz CT molecular complexity index is 978. The van der Waals surface area contributed by atoms with Gasteiger partial charge in [-0.25, -0.2) is 4.79 Å². The number of halogens is 1. The maximum absolute atomic E-state index is 13.1. The molecule has 1 fully saturated rings. The molecule has 0 bridgehead atoms. The minimum atomic E-state index is -0.328. The normalized spacial score (nSPS) is 20.6. The fourth-order valence-corrected chi connectivity index (χ4v) is 4.63. The highest BCUT2D eigenvalue weighted by Gasteiger charge is 2.56. The summed E-state index contributed by atoms with van der Waals surface area (Å²) in [5.74, 6) is -0.0553. The Hall–Kier alpha value is -2.43. The van der Waals surface area contributed by atoms with Crippen LogP contribution in [0.3, 0.4) is 0 Å². The minimum Gasteiger partial charge on any atom is -0.462 e. The summed E-state index contributed by atoms with van der Waals surface area (Å²) in [6, 6.07) is 18.9. The average Bonchev–Trinajstić information content (AvgIpc) is 3.20. The van der Waals surface area contributed by atoms with Crippen LogP contribution >= 0.6 is 22.9 Å². The third-order valence-corrected chi connectivity index (χ3v) is 6.28. The molecule has 0 aliphatic heterocycles. The largest absolute Gasteiger partial charge is 0.462 e. The number of hydrogen-bond donors (Lipinski definition) is 0. The molecule has 1 saturated carbocycles. The third-order valence-electron chi connectivity index (χ3n) is 5.15. The smallest absolute Gasteiger partial charge is 0.338 e. The molecule has 3 unspecified atom stereocenters. The van der Waals surface area contributed by atoms with Crippen molar-refractivity contribution in [1.82, 2.24) is 0 Å². The van der Waals surface area contributed by atoms with E-state index < -0.39 is 0 Å². The van der Waals surface area contributed by atoms with Crippen LogP contribution in [0.1, 0.15) is 49.9 Å². The van der Waals surface area contributed by atoms with Gasteiger partial charge in [0.1, 0.15) is 0 Å². The van der Waals surface area contributed by atoms with Gasteiger partial charge in [-0.05, 0) is 53.8 Å². The van der Waals surface area contributed by atoms with Gasteiger partial charge in [0.05, 0.1) is 17.0 Å². The predicted octanol–water partition coefficient (Wildman–Crippen LogP) is 5.96. The van der Waals surface area contributed by atoms with Gasteiger partial charge in [-0.15, -0.1) is 11.3 Å². The highest BCUT2D eigenvalue weighted by molar-refractivity contribution is 7.12. The number of rotatable bonds is 6. The van der Waals surface area contributed by atoms with E-state index in [-0.39, 0.29) is 29.5 Å². The second-order valence-electron chi connectivity index (χ2n) is 6.81. The topological polar surface area (TPSA) is 43.4 Å². The lowest BCUT2D eigenvalue weighted by Gasteiger charge is -2.04. The summed E-state index contributed by atoms with van der Waals surface area (Å²) in [4.78, 5) is 25.8. The van der Waals surface area contributed by atoms with Crippen LogP contribution in [0.25, 0.3) is 0 Å². The summed E-state index contributed by atoms with van der Waals surface area (Å²) in [7, 11) is 0. The van der Waals surface area contributed by atoms with Crippen LogP contribution in [0.4, 0.5) is 0 Å². The Balaban J connectivity index is 1.63. The molecular weight excluding hydrogens is 392 g/mol. The standard InChI is InChI=1S/C23H19ClO3S/c1-2-27-23(26)16-7-5-14(6-8-16)19-20(15-9-11-17(24)12-10-15)21(19)22(25)18-4-3-13-28-18/h3-13,19-21H,2H2,1H3. The van der Waals surface area contributed by atoms with Crippen LogP contribution in [0.15, 0.2) is 66.0 Å². The van der Waals surface area contributed by atoms with Crippen molar-refractivity contribution in [3.63, 3.8) is 0 Å². The molecule has 5 heteroatoms. The molecular formula is C23H19ClO3S. The Morgan fingerprint density at radius 2 is 1.57 bits per heavy atom. The van der Waals surface area contributed by atoms with E-state index in [0.29, 0.717) is 17.2 Å². The molecule has 3 atom stereocenters.